The van der Waals surface area contributed by atoms with Gasteiger partial charge in [0.15, 0.2) is 5.13 Å². The molecule has 0 aliphatic heterocycles. The minimum absolute atomic E-state index is 0.000298. The number of nitrogens with one attached hydrogen (secondary N) is 3. The number of methoxy groups -OCH3 is 2. The maximum absolute atomic E-state index is 13.7. The van der Waals surface area contributed by atoms with Crippen molar-refractivity contribution in [2.45, 2.75) is 17.1 Å². The summed E-state index contributed by atoms with van der Waals surface area (Å²) in [6.07, 6.45) is 1.54. The molecule has 1 unspecified atom stereocenters. The Morgan fingerprint density at radius 1 is 0.804 bits per heavy atom. The van der Waals surface area contributed by atoms with E-state index >= 15 is 0 Å². The molecule has 11 heteroatoms. The molecule has 0 saturated carbocycles. The lowest BCUT2D eigenvalue weighted by Gasteiger charge is -2.17. The smallest absolute Gasteiger partial charge is 0.272 e. The lowest BCUT2D eigenvalue weighted by atomic mass is 10.1. The first kappa shape index (κ1) is 34.9. The van der Waals surface area contributed by atoms with Gasteiger partial charge >= 0.3 is 0 Å². The molecule has 9 nitrogen and oxygen atoms in total. The standard InChI is InChI=1S/C40H34N4O5S2/c1-25-14-20-32-35(22-25)51-40(43-32)44-39(47)36(26-10-6-4-7-11-26)50-31-18-15-29(16-19-31)41-38(46)33(42-37(45)27-12-8-5-9-13-27)24-28-23-30(48-2)17-21-34(28)49-3/h4-24,36H,1-3H3,(H,41,46)(H,42,45)(H,43,44,47)/b33-24-. The number of benzene rings is 5. The molecule has 0 aliphatic carbocycles. The summed E-state index contributed by atoms with van der Waals surface area (Å²) in [7, 11) is 3.06. The van der Waals surface area contributed by atoms with Gasteiger partial charge in [0.2, 0.25) is 5.91 Å². The zero-order chi connectivity index (χ0) is 35.7. The molecule has 6 aromatic rings. The van der Waals surface area contributed by atoms with Crippen LogP contribution in [-0.4, -0.2) is 36.9 Å². The number of thioether (sulfide) groups is 1. The quantitative estimate of drug-likeness (QED) is 0.0860. The van der Waals surface area contributed by atoms with Crippen molar-refractivity contribution in [3.05, 3.63) is 149 Å². The molecule has 0 bridgehead atoms. The van der Waals surface area contributed by atoms with Crippen molar-refractivity contribution < 1.29 is 23.9 Å². The Labute approximate surface area is 303 Å². The van der Waals surface area contributed by atoms with Crippen LogP contribution in [-0.2, 0) is 9.59 Å². The van der Waals surface area contributed by atoms with E-state index in [1.807, 2.05) is 61.5 Å². The topological polar surface area (TPSA) is 119 Å². The van der Waals surface area contributed by atoms with Gasteiger partial charge in [-0.2, -0.15) is 0 Å². The van der Waals surface area contributed by atoms with Gasteiger partial charge in [-0.25, -0.2) is 4.98 Å². The molecule has 0 aliphatic rings. The number of rotatable bonds is 12. The fraction of sp³-hybridized carbons (Fsp3) is 0.100. The Morgan fingerprint density at radius 2 is 1.53 bits per heavy atom. The van der Waals surface area contributed by atoms with Crippen LogP contribution in [0.5, 0.6) is 11.5 Å². The lowest BCUT2D eigenvalue weighted by Crippen LogP contribution is -2.30. The van der Waals surface area contributed by atoms with Crippen LogP contribution >= 0.6 is 23.1 Å². The number of anilines is 2. The summed E-state index contributed by atoms with van der Waals surface area (Å²) in [4.78, 5) is 46.0. The minimum Gasteiger partial charge on any atom is -0.497 e. The summed E-state index contributed by atoms with van der Waals surface area (Å²) in [5.74, 6) is -0.140. The van der Waals surface area contributed by atoms with Gasteiger partial charge in [-0.15, -0.1) is 11.8 Å². The second-order valence-corrected chi connectivity index (χ2v) is 13.6. The van der Waals surface area contributed by atoms with Crippen LogP contribution in [0.1, 0.15) is 32.3 Å². The number of nitrogens with zero attached hydrogens (tertiary/aromatic N) is 1. The second-order valence-electron chi connectivity index (χ2n) is 11.4. The predicted octanol–water partition coefficient (Wildman–Crippen LogP) is 8.50. The van der Waals surface area contributed by atoms with E-state index in [-0.39, 0.29) is 11.6 Å². The van der Waals surface area contributed by atoms with E-state index in [9.17, 15) is 14.4 Å². The first-order chi connectivity index (χ1) is 24.8. The van der Waals surface area contributed by atoms with E-state index in [1.165, 1.54) is 36.3 Å². The SMILES string of the molecule is COc1ccc(OC)c(/C=C(\NC(=O)c2ccccc2)C(=O)Nc2ccc(SC(C(=O)Nc3nc4ccc(C)cc4s3)c3ccccc3)cc2)c1. The third-order valence-electron chi connectivity index (χ3n) is 7.75. The van der Waals surface area contributed by atoms with E-state index < -0.39 is 17.1 Å². The highest BCUT2D eigenvalue weighted by molar-refractivity contribution is 8.00. The van der Waals surface area contributed by atoms with Gasteiger partial charge in [0.05, 0.1) is 24.4 Å². The van der Waals surface area contributed by atoms with Crippen LogP contribution in [0, 0.1) is 6.92 Å². The minimum atomic E-state index is -0.569. The van der Waals surface area contributed by atoms with Crippen molar-refractivity contribution in [1.82, 2.24) is 10.3 Å². The van der Waals surface area contributed by atoms with E-state index in [2.05, 4.69) is 27.0 Å². The average Bonchev–Trinajstić information content (AvgIpc) is 3.55. The zero-order valence-electron chi connectivity index (χ0n) is 28.0. The Morgan fingerprint density at radius 3 is 2.24 bits per heavy atom. The summed E-state index contributed by atoms with van der Waals surface area (Å²) in [5, 5.41) is 8.61. The summed E-state index contributed by atoms with van der Waals surface area (Å²) in [5.41, 5.74) is 4.22. The molecule has 256 valence electrons. The van der Waals surface area contributed by atoms with E-state index in [4.69, 9.17) is 9.47 Å². The number of thiazole rings is 1. The van der Waals surface area contributed by atoms with Gasteiger partial charge < -0.3 is 25.4 Å². The van der Waals surface area contributed by atoms with Crippen LogP contribution in [0.15, 0.2) is 132 Å². The molecule has 1 atom stereocenters. The molecule has 51 heavy (non-hydrogen) atoms. The number of fused-ring (bicyclic) bond motifs is 1. The summed E-state index contributed by atoms with van der Waals surface area (Å²) in [6.45, 7) is 2.02. The molecule has 0 radical (unpaired) electrons. The molecular weight excluding hydrogens is 681 g/mol. The van der Waals surface area contributed by atoms with Crippen molar-refractivity contribution in [2.75, 3.05) is 24.9 Å². The number of hydrogen-bond acceptors (Lipinski definition) is 8. The Balaban J connectivity index is 1.21. The average molecular weight is 715 g/mol. The molecule has 3 amide bonds. The number of aromatic nitrogens is 1. The van der Waals surface area contributed by atoms with Gasteiger partial charge in [0.1, 0.15) is 22.4 Å². The molecule has 0 fully saturated rings. The number of hydrogen-bond donors (Lipinski definition) is 3. The Hall–Kier alpha value is -5.91. The number of carbonyl (C=O) groups excluding carboxylic acids is 3. The van der Waals surface area contributed by atoms with Crippen molar-refractivity contribution in [2.24, 2.45) is 0 Å². The van der Waals surface area contributed by atoms with Gasteiger partial charge in [0.25, 0.3) is 11.8 Å². The molecule has 1 aromatic heterocycles. The summed E-state index contributed by atoms with van der Waals surface area (Å²) >= 11 is 2.82. The molecule has 3 N–H and O–H groups in total. The summed E-state index contributed by atoms with van der Waals surface area (Å²) in [6, 6.07) is 36.5. The monoisotopic (exact) mass is 714 g/mol. The first-order valence-corrected chi connectivity index (χ1v) is 17.6. The summed E-state index contributed by atoms with van der Waals surface area (Å²) < 4.78 is 11.9. The van der Waals surface area contributed by atoms with Crippen molar-refractivity contribution >= 4 is 67.9 Å². The van der Waals surface area contributed by atoms with Crippen LogP contribution in [0.4, 0.5) is 10.8 Å². The fourth-order valence-electron chi connectivity index (χ4n) is 5.16. The van der Waals surface area contributed by atoms with Gasteiger partial charge in [-0.1, -0.05) is 65.9 Å². The van der Waals surface area contributed by atoms with Crippen LogP contribution in [0.2, 0.25) is 0 Å². The third kappa shape index (κ3) is 8.82. The molecule has 0 saturated heterocycles. The normalized spacial score (nSPS) is 11.8. The highest BCUT2D eigenvalue weighted by atomic mass is 32.2. The third-order valence-corrected chi connectivity index (χ3v) is 9.95. The highest BCUT2D eigenvalue weighted by Crippen LogP contribution is 2.38. The Kier molecular flexibility index (Phi) is 11.1. The Bertz CT molecular complexity index is 2200. The van der Waals surface area contributed by atoms with Crippen molar-refractivity contribution in [3.63, 3.8) is 0 Å². The van der Waals surface area contributed by atoms with Gasteiger partial charge in [-0.05, 0) is 90.9 Å². The largest absolute Gasteiger partial charge is 0.497 e. The number of aryl methyl sites for hydroxylation is 1. The molecule has 1 heterocycles. The lowest BCUT2D eigenvalue weighted by molar-refractivity contribution is -0.116. The van der Waals surface area contributed by atoms with Crippen molar-refractivity contribution in [1.29, 1.82) is 0 Å². The van der Waals surface area contributed by atoms with E-state index in [1.54, 1.807) is 67.8 Å². The zero-order valence-corrected chi connectivity index (χ0v) is 29.6. The predicted molar refractivity (Wildman–Crippen MR) is 205 cm³/mol. The highest BCUT2D eigenvalue weighted by Gasteiger charge is 2.24. The molecule has 6 rings (SSSR count). The molecule has 5 aromatic carbocycles. The first-order valence-electron chi connectivity index (χ1n) is 15.9. The number of carbonyl (C=O) groups is 3. The van der Waals surface area contributed by atoms with Crippen molar-refractivity contribution in [3.8, 4) is 11.5 Å². The maximum Gasteiger partial charge on any atom is 0.272 e. The van der Waals surface area contributed by atoms with E-state index in [0.29, 0.717) is 33.4 Å². The fourth-order valence-corrected chi connectivity index (χ4v) is 7.15. The molecule has 0 spiro atoms. The second kappa shape index (κ2) is 16.2. The van der Waals surface area contributed by atoms with Crippen LogP contribution in [0.25, 0.3) is 16.3 Å². The van der Waals surface area contributed by atoms with E-state index in [0.717, 1.165) is 26.2 Å². The number of amides is 3. The van der Waals surface area contributed by atoms with Gasteiger partial charge in [-0.3, -0.25) is 14.4 Å². The number of ether oxygens (including phenoxy) is 2. The van der Waals surface area contributed by atoms with Crippen LogP contribution < -0.4 is 25.4 Å². The molecular formula is C40H34N4O5S2. The maximum atomic E-state index is 13.7. The van der Waals surface area contributed by atoms with Crippen LogP contribution in [0.3, 0.4) is 0 Å². The van der Waals surface area contributed by atoms with Gasteiger partial charge in [0, 0.05) is 21.7 Å².